The van der Waals surface area contributed by atoms with Crippen LogP contribution in [0.3, 0.4) is 0 Å². The van der Waals surface area contributed by atoms with E-state index in [1.165, 1.54) is 0 Å². The van der Waals surface area contributed by atoms with Gasteiger partial charge in [-0.1, -0.05) is 20.8 Å². The average Bonchev–Trinajstić information content (AvgIpc) is 3.59. The van der Waals surface area contributed by atoms with Gasteiger partial charge in [-0.3, -0.25) is 19.2 Å². The molecular weight excluding hydrogens is 548 g/mol. The number of carboxylic acid groups (broad SMARTS) is 2. The molecule has 4 rings (SSSR count). The smallest absolute Gasteiger partial charge is 0.303 e. The number of aliphatic imine (C=N–C) groups is 1. The van der Waals surface area contributed by atoms with Crippen LogP contribution in [0.2, 0.25) is 0 Å². The Hall–Kier alpha value is -4.47. The highest BCUT2D eigenvalue weighted by Gasteiger charge is 2.34. The number of carbonyl (C=O) groups excluding carboxylic acids is 2. The van der Waals surface area contributed by atoms with E-state index in [9.17, 15) is 29.4 Å². The molecule has 2 atom stereocenters. The van der Waals surface area contributed by atoms with Gasteiger partial charge in [-0.15, -0.1) is 0 Å². The number of rotatable bonds is 11. The number of hydrogen-bond donors (Lipinski definition) is 5. The molecule has 0 aliphatic carbocycles. The third-order valence-corrected chi connectivity index (χ3v) is 8.74. The highest BCUT2D eigenvalue weighted by molar-refractivity contribution is 6.30. The lowest BCUT2D eigenvalue weighted by molar-refractivity contribution is -0.138. The van der Waals surface area contributed by atoms with Crippen LogP contribution in [-0.4, -0.2) is 49.6 Å². The molecule has 0 bridgehead atoms. The van der Waals surface area contributed by atoms with Gasteiger partial charge >= 0.3 is 11.9 Å². The van der Waals surface area contributed by atoms with Crippen LogP contribution in [0.1, 0.15) is 87.0 Å². The van der Waals surface area contributed by atoms with Gasteiger partial charge in [0.15, 0.2) is 0 Å². The van der Waals surface area contributed by atoms with Crippen LogP contribution < -0.4 is 16.0 Å². The topological polar surface area (TPSA) is 165 Å². The van der Waals surface area contributed by atoms with E-state index in [1.807, 2.05) is 59.8 Å². The summed E-state index contributed by atoms with van der Waals surface area (Å²) in [6.07, 6.45) is 7.48. The molecular formula is C33H40N4O6. The minimum absolute atomic E-state index is 0.0152. The quantitative estimate of drug-likeness (QED) is 0.270. The summed E-state index contributed by atoms with van der Waals surface area (Å²) >= 11 is 0. The molecule has 228 valence electrons. The Balaban J connectivity index is 1.90. The first kappa shape index (κ1) is 31.5. The zero-order chi connectivity index (χ0) is 31.6. The third-order valence-electron chi connectivity index (χ3n) is 8.74. The number of nitrogens with zero attached hydrogens (tertiary/aromatic N) is 1. The van der Waals surface area contributed by atoms with Gasteiger partial charge in [0.05, 0.1) is 5.71 Å². The predicted octanol–water partition coefficient (Wildman–Crippen LogP) is 3.44. The van der Waals surface area contributed by atoms with Gasteiger partial charge in [-0.2, -0.15) is 0 Å². The molecule has 0 saturated carbocycles. The summed E-state index contributed by atoms with van der Waals surface area (Å²) in [4.78, 5) is 58.8. The molecule has 1 saturated heterocycles. The second kappa shape index (κ2) is 12.8. The highest BCUT2D eigenvalue weighted by atomic mass is 16.4. The number of aromatic amines is 2. The van der Waals surface area contributed by atoms with Gasteiger partial charge in [0, 0.05) is 58.0 Å². The standard InChI is InChI=1S/C33H40N4O6/c1-7-20-19(6)32(42)37-27(20)14-25-18(5)23(10-12-31(40)41)29(35-25)15-28-22(9-11-30(38)39)17(4)24(34-28)13-26-16(3)21(8-2)33(43)36-26/h13-15,19-20,34-35H,7-12H2,1-6H3,(H,37,42)(H,38,39)(H,40,41)/b24-13-,27-14-,28-15-/t19-,20?/m1/s1. The van der Waals surface area contributed by atoms with Crippen LogP contribution in [0, 0.1) is 25.7 Å². The molecule has 2 aromatic heterocycles. The monoisotopic (exact) mass is 588 g/mol. The lowest BCUT2D eigenvalue weighted by atomic mass is 9.92. The molecule has 0 spiro atoms. The van der Waals surface area contributed by atoms with Crippen molar-refractivity contribution in [2.45, 2.75) is 80.1 Å². The fourth-order valence-corrected chi connectivity index (χ4v) is 6.09. The maximum Gasteiger partial charge on any atom is 0.303 e. The first-order valence-corrected chi connectivity index (χ1v) is 14.8. The van der Waals surface area contributed by atoms with Crippen molar-refractivity contribution >= 4 is 47.7 Å². The Morgan fingerprint density at radius 2 is 1.51 bits per heavy atom. The molecule has 2 aliphatic heterocycles. The first-order valence-electron chi connectivity index (χ1n) is 14.8. The first-order chi connectivity index (χ1) is 20.4. The number of hydrogen-bond acceptors (Lipinski definition) is 4. The average molecular weight is 589 g/mol. The van der Waals surface area contributed by atoms with Crippen LogP contribution in [0.5, 0.6) is 0 Å². The highest BCUT2D eigenvalue weighted by Crippen LogP contribution is 2.32. The number of nitrogens with one attached hydrogen (secondary N) is 3. The van der Waals surface area contributed by atoms with Crippen molar-refractivity contribution < 1.29 is 29.4 Å². The minimum atomic E-state index is -0.917. The van der Waals surface area contributed by atoms with E-state index in [-0.39, 0.29) is 42.9 Å². The molecule has 10 heteroatoms. The Morgan fingerprint density at radius 3 is 2.09 bits per heavy atom. The van der Waals surface area contributed by atoms with Crippen molar-refractivity contribution in [2.24, 2.45) is 16.8 Å². The zero-order valence-electron chi connectivity index (χ0n) is 25.6. The molecule has 10 nitrogen and oxygen atoms in total. The largest absolute Gasteiger partial charge is 0.481 e. The summed E-state index contributed by atoms with van der Waals surface area (Å²) in [5.74, 6) is -2.15. The van der Waals surface area contributed by atoms with Gasteiger partial charge in [0.2, 0.25) is 5.91 Å². The number of aliphatic carboxylic acids is 2. The second-order valence-electron chi connectivity index (χ2n) is 11.3. The molecule has 2 aliphatic rings. The normalized spacial score (nSPS) is 20.5. The minimum Gasteiger partial charge on any atom is -0.481 e. The maximum atomic E-state index is 12.4. The summed E-state index contributed by atoms with van der Waals surface area (Å²) in [7, 11) is 0. The summed E-state index contributed by atoms with van der Waals surface area (Å²) in [5.41, 5.74) is 7.79. The van der Waals surface area contributed by atoms with Crippen molar-refractivity contribution in [3.63, 3.8) is 0 Å². The number of carboxylic acids is 2. The van der Waals surface area contributed by atoms with Crippen LogP contribution in [-0.2, 0) is 32.0 Å². The Morgan fingerprint density at radius 1 is 0.860 bits per heavy atom. The van der Waals surface area contributed by atoms with Crippen LogP contribution in [0.25, 0.3) is 18.2 Å². The molecule has 1 fully saturated rings. The lowest BCUT2D eigenvalue weighted by Gasteiger charge is -2.11. The SMILES string of the molecule is CCC1=C(C)C(/C=c2\[nH]/c(=C\c3[nH]c(/C=C4\NC(=O)[C@H](C)C4CC)c(C)c3CCC(=O)O)c(CCC(=O)O)c2C)=NC1=O. The molecule has 4 heterocycles. The number of amides is 2. The van der Waals surface area contributed by atoms with E-state index in [0.29, 0.717) is 35.2 Å². The van der Waals surface area contributed by atoms with Crippen LogP contribution in [0.15, 0.2) is 21.8 Å². The van der Waals surface area contributed by atoms with Gasteiger partial charge in [-0.05, 0) is 92.5 Å². The number of H-pyrrole nitrogens is 2. The molecule has 0 radical (unpaired) electrons. The Kier molecular flexibility index (Phi) is 9.37. The molecule has 5 N–H and O–H groups in total. The van der Waals surface area contributed by atoms with Crippen molar-refractivity contribution in [1.29, 1.82) is 0 Å². The second-order valence-corrected chi connectivity index (χ2v) is 11.3. The Bertz CT molecular complexity index is 1720. The van der Waals surface area contributed by atoms with Crippen LogP contribution in [0.4, 0.5) is 0 Å². The van der Waals surface area contributed by atoms with Gasteiger partial charge in [0.1, 0.15) is 0 Å². The molecule has 1 unspecified atom stereocenters. The van der Waals surface area contributed by atoms with E-state index in [0.717, 1.165) is 51.0 Å². The zero-order valence-corrected chi connectivity index (χ0v) is 25.6. The van der Waals surface area contributed by atoms with Crippen LogP contribution >= 0.6 is 0 Å². The Labute approximate surface area is 250 Å². The van der Waals surface area contributed by atoms with Crippen molar-refractivity contribution in [2.75, 3.05) is 0 Å². The van der Waals surface area contributed by atoms with E-state index < -0.39 is 11.9 Å². The van der Waals surface area contributed by atoms with Crippen molar-refractivity contribution in [3.05, 3.63) is 61.2 Å². The van der Waals surface area contributed by atoms with Gasteiger partial charge in [-0.25, -0.2) is 4.99 Å². The van der Waals surface area contributed by atoms with Gasteiger partial charge in [0.25, 0.3) is 5.91 Å². The van der Waals surface area contributed by atoms with Crippen molar-refractivity contribution in [3.8, 4) is 0 Å². The summed E-state index contributed by atoms with van der Waals surface area (Å²) in [6.45, 7) is 11.6. The van der Waals surface area contributed by atoms with E-state index in [4.69, 9.17) is 0 Å². The fraction of sp³-hybridized carbons (Fsp3) is 0.424. The van der Waals surface area contributed by atoms with E-state index in [2.05, 4.69) is 20.3 Å². The summed E-state index contributed by atoms with van der Waals surface area (Å²) < 4.78 is 0. The number of carbonyl (C=O) groups is 4. The van der Waals surface area contributed by atoms with E-state index >= 15 is 0 Å². The summed E-state index contributed by atoms with van der Waals surface area (Å²) in [5, 5.41) is 23.3. The number of aromatic nitrogens is 2. The molecule has 43 heavy (non-hydrogen) atoms. The molecule has 0 aromatic carbocycles. The molecule has 2 aromatic rings. The molecule has 2 amide bonds. The van der Waals surface area contributed by atoms with Crippen molar-refractivity contribution in [1.82, 2.24) is 15.3 Å². The lowest BCUT2D eigenvalue weighted by Crippen LogP contribution is -2.16. The fourth-order valence-electron chi connectivity index (χ4n) is 6.09. The third kappa shape index (κ3) is 6.48. The number of allylic oxidation sites excluding steroid dienone is 2. The predicted molar refractivity (Wildman–Crippen MR) is 165 cm³/mol. The maximum absolute atomic E-state index is 12.4. The summed E-state index contributed by atoms with van der Waals surface area (Å²) in [6, 6.07) is 0. The van der Waals surface area contributed by atoms with Gasteiger partial charge < -0.3 is 25.5 Å². The van der Waals surface area contributed by atoms with E-state index in [1.54, 1.807) is 0 Å².